The maximum absolute atomic E-state index is 12.3. The molecule has 1 aliphatic rings. The van der Waals surface area contributed by atoms with Gasteiger partial charge in [0.25, 0.3) is 0 Å². The quantitative estimate of drug-likeness (QED) is 0.721. The Balaban J connectivity index is 2.25. The number of benzene rings is 1. The van der Waals surface area contributed by atoms with Gasteiger partial charge in [0.05, 0.1) is 11.8 Å². The first-order valence-corrected chi connectivity index (χ1v) is 8.17. The van der Waals surface area contributed by atoms with Gasteiger partial charge in [0.1, 0.15) is 4.90 Å². The van der Waals surface area contributed by atoms with E-state index in [0.717, 1.165) is 4.47 Å². The van der Waals surface area contributed by atoms with Crippen molar-refractivity contribution in [3.8, 4) is 0 Å². The molecule has 0 aromatic heterocycles. The van der Waals surface area contributed by atoms with Gasteiger partial charge >= 0.3 is 0 Å². The average molecular weight is 349 g/mol. The van der Waals surface area contributed by atoms with E-state index in [-0.39, 0.29) is 16.6 Å². The first-order valence-electron chi connectivity index (χ1n) is 5.90. The standard InChI is InChI=1S/C12H17BrN2O3S/c1-12(2)10(6-11(12)16)15-19(17,18)9-4-3-7(13)5-8(9)14/h3-5,10-11,15-16H,6,14H2,1-2H3. The molecule has 4 N–H and O–H groups in total. The van der Waals surface area contributed by atoms with Gasteiger partial charge in [-0.1, -0.05) is 29.8 Å². The van der Waals surface area contributed by atoms with Crippen LogP contribution in [0.4, 0.5) is 5.69 Å². The van der Waals surface area contributed by atoms with Crippen LogP contribution in [0.1, 0.15) is 20.3 Å². The number of anilines is 1. The Morgan fingerprint density at radius 2 is 2.11 bits per heavy atom. The molecule has 2 unspecified atom stereocenters. The predicted octanol–water partition coefficient (Wildman–Crippen LogP) is 1.47. The lowest BCUT2D eigenvalue weighted by atomic mass is 9.65. The Bertz CT molecular complexity index is 601. The summed E-state index contributed by atoms with van der Waals surface area (Å²) in [5, 5.41) is 9.64. The minimum Gasteiger partial charge on any atom is -0.398 e. The second kappa shape index (κ2) is 4.73. The van der Waals surface area contributed by atoms with Gasteiger partial charge in [-0.15, -0.1) is 0 Å². The monoisotopic (exact) mass is 348 g/mol. The summed E-state index contributed by atoms with van der Waals surface area (Å²) in [6, 6.07) is 4.36. The van der Waals surface area contributed by atoms with Gasteiger partial charge in [0, 0.05) is 15.9 Å². The molecule has 1 saturated carbocycles. The molecular formula is C12H17BrN2O3S. The largest absolute Gasteiger partial charge is 0.398 e. The van der Waals surface area contributed by atoms with Gasteiger partial charge in [-0.2, -0.15) is 0 Å². The Morgan fingerprint density at radius 3 is 2.58 bits per heavy atom. The van der Waals surface area contributed by atoms with Crippen molar-refractivity contribution < 1.29 is 13.5 Å². The second-order valence-electron chi connectivity index (χ2n) is 5.43. The van der Waals surface area contributed by atoms with Crippen LogP contribution in [-0.2, 0) is 10.0 Å². The summed E-state index contributed by atoms with van der Waals surface area (Å²) in [5.74, 6) is 0. The van der Waals surface area contributed by atoms with Gasteiger partial charge in [-0.3, -0.25) is 0 Å². The topological polar surface area (TPSA) is 92.4 Å². The molecule has 7 heteroatoms. The zero-order chi connectivity index (χ0) is 14.4. The van der Waals surface area contributed by atoms with Crippen molar-refractivity contribution in [2.45, 2.75) is 37.3 Å². The molecule has 0 spiro atoms. The molecule has 0 radical (unpaired) electrons. The number of hydrogen-bond acceptors (Lipinski definition) is 4. The lowest BCUT2D eigenvalue weighted by molar-refractivity contribution is -0.0645. The molecular weight excluding hydrogens is 332 g/mol. The molecule has 1 aliphatic carbocycles. The van der Waals surface area contributed by atoms with Crippen LogP contribution in [0.3, 0.4) is 0 Å². The predicted molar refractivity (Wildman–Crippen MR) is 77.1 cm³/mol. The van der Waals surface area contributed by atoms with Crippen molar-refractivity contribution in [3.05, 3.63) is 22.7 Å². The summed E-state index contributed by atoms with van der Waals surface area (Å²) < 4.78 is 27.9. The summed E-state index contributed by atoms with van der Waals surface area (Å²) in [4.78, 5) is 0.0629. The van der Waals surface area contributed by atoms with Gasteiger partial charge in [-0.25, -0.2) is 13.1 Å². The van der Waals surface area contributed by atoms with Crippen LogP contribution in [0.15, 0.2) is 27.6 Å². The first-order chi connectivity index (χ1) is 8.64. The first kappa shape index (κ1) is 14.8. The lowest BCUT2D eigenvalue weighted by Crippen LogP contribution is -2.61. The number of sulfonamides is 1. The summed E-state index contributed by atoms with van der Waals surface area (Å²) in [7, 11) is -3.67. The number of nitrogen functional groups attached to an aromatic ring is 1. The molecule has 1 aromatic carbocycles. The number of aliphatic hydroxyl groups excluding tert-OH is 1. The summed E-state index contributed by atoms with van der Waals surface area (Å²) in [5.41, 5.74) is 5.47. The molecule has 106 valence electrons. The van der Waals surface area contributed by atoms with E-state index in [2.05, 4.69) is 20.7 Å². The van der Waals surface area contributed by atoms with Crippen LogP contribution in [0.25, 0.3) is 0 Å². The fourth-order valence-electron chi connectivity index (χ4n) is 2.12. The zero-order valence-electron chi connectivity index (χ0n) is 10.7. The van der Waals surface area contributed by atoms with Crippen molar-refractivity contribution in [1.29, 1.82) is 0 Å². The van der Waals surface area contributed by atoms with Crippen molar-refractivity contribution in [1.82, 2.24) is 4.72 Å². The third-order valence-electron chi connectivity index (χ3n) is 3.77. The molecule has 2 atom stereocenters. The van der Waals surface area contributed by atoms with Crippen LogP contribution in [0.2, 0.25) is 0 Å². The van der Waals surface area contributed by atoms with Crippen LogP contribution >= 0.6 is 15.9 Å². The minimum absolute atomic E-state index is 0.0629. The highest BCUT2D eigenvalue weighted by atomic mass is 79.9. The maximum atomic E-state index is 12.3. The van der Waals surface area contributed by atoms with E-state index in [9.17, 15) is 13.5 Å². The number of halogens is 1. The van der Waals surface area contributed by atoms with Crippen molar-refractivity contribution in [3.63, 3.8) is 0 Å². The smallest absolute Gasteiger partial charge is 0.242 e. The molecule has 1 aromatic rings. The molecule has 0 aliphatic heterocycles. The van der Waals surface area contributed by atoms with E-state index in [1.807, 2.05) is 13.8 Å². The van der Waals surface area contributed by atoms with Crippen LogP contribution in [-0.4, -0.2) is 25.7 Å². The fraction of sp³-hybridized carbons (Fsp3) is 0.500. The van der Waals surface area contributed by atoms with Gasteiger partial charge < -0.3 is 10.8 Å². The molecule has 0 amide bonds. The normalized spacial score (nSPS) is 25.9. The lowest BCUT2D eigenvalue weighted by Gasteiger charge is -2.49. The summed E-state index contributed by atoms with van der Waals surface area (Å²) in [6.45, 7) is 3.67. The molecule has 19 heavy (non-hydrogen) atoms. The molecule has 1 fully saturated rings. The number of hydrogen-bond donors (Lipinski definition) is 3. The number of rotatable bonds is 3. The zero-order valence-corrected chi connectivity index (χ0v) is 13.1. The maximum Gasteiger partial charge on any atom is 0.242 e. The van der Waals surface area contributed by atoms with E-state index >= 15 is 0 Å². The Hall–Kier alpha value is -0.630. The third kappa shape index (κ3) is 2.65. The van der Waals surface area contributed by atoms with Gasteiger partial charge in [0.2, 0.25) is 10.0 Å². The van der Waals surface area contributed by atoms with Crippen LogP contribution in [0.5, 0.6) is 0 Å². The average Bonchev–Trinajstić information content (AvgIpc) is 2.27. The highest BCUT2D eigenvalue weighted by molar-refractivity contribution is 9.10. The van der Waals surface area contributed by atoms with Crippen LogP contribution in [0, 0.1) is 5.41 Å². The van der Waals surface area contributed by atoms with Gasteiger partial charge in [-0.05, 0) is 24.6 Å². The van der Waals surface area contributed by atoms with E-state index in [1.54, 1.807) is 12.1 Å². The third-order valence-corrected chi connectivity index (χ3v) is 5.81. The fourth-order valence-corrected chi connectivity index (χ4v) is 4.01. The number of nitrogens with one attached hydrogen (secondary N) is 1. The molecule has 0 saturated heterocycles. The van der Waals surface area contributed by atoms with E-state index in [0.29, 0.717) is 6.42 Å². The molecule has 2 rings (SSSR count). The molecule has 5 nitrogen and oxygen atoms in total. The van der Waals surface area contributed by atoms with E-state index < -0.39 is 21.5 Å². The minimum atomic E-state index is -3.67. The van der Waals surface area contributed by atoms with E-state index in [4.69, 9.17) is 5.73 Å². The Kier molecular flexibility index (Phi) is 3.68. The van der Waals surface area contributed by atoms with Gasteiger partial charge in [0.15, 0.2) is 0 Å². The SMILES string of the molecule is CC1(C)C(O)CC1NS(=O)(=O)c1ccc(Br)cc1N. The summed E-state index contributed by atoms with van der Waals surface area (Å²) >= 11 is 3.24. The highest BCUT2D eigenvalue weighted by Crippen LogP contribution is 2.41. The van der Waals surface area contributed by atoms with Crippen molar-refractivity contribution >= 4 is 31.6 Å². The summed E-state index contributed by atoms with van der Waals surface area (Å²) in [6.07, 6.45) is -0.0645. The second-order valence-corrected chi connectivity index (χ2v) is 8.03. The van der Waals surface area contributed by atoms with E-state index in [1.165, 1.54) is 6.07 Å². The Morgan fingerprint density at radius 1 is 1.47 bits per heavy atom. The van der Waals surface area contributed by atoms with Crippen molar-refractivity contribution in [2.75, 3.05) is 5.73 Å². The Labute approximate surface area is 121 Å². The molecule has 0 heterocycles. The van der Waals surface area contributed by atoms with Crippen LogP contribution < -0.4 is 10.5 Å². The molecule has 0 bridgehead atoms. The highest BCUT2D eigenvalue weighted by Gasteiger charge is 2.49. The van der Waals surface area contributed by atoms with Crippen molar-refractivity contribution in [2.24, 2.45) is 5.41 Å². The number of nitrogens with two attached hydrogens (primary N) is 1. The number of aliphatic hydroxyl groups is 1.